The summed E-state index contributed by atoms with van der Waals surface area (Å²) < 4.78 is 1.94. The van der Waals surface area contributed by atoms with Crippen LogP contribution in [0.15, 0.2) is 30.6 Å². The summed E-state index contributed by atoms with van der Waals surface area (Å²) in [5.41, 5.74) is 7.18. The van der Waals surface area contributed by atoms with Crippen molar-refractivity contribution in [3.05, 3.63) is 47.0 Å². The number of thiocarbonyl (C=S) groups is 1. The van der Waals surface area contributed by atoms with Crippen molar-refractivity contribution in [1.29, 1.82) is 0 Å². The zero-order valence-electron chi connectivity index (χ0n) is 8.64. The van der Waals surface area contributed by atoms with Gasteiger partial charge in [-0.15, -0.1) is 0 Å². The van der Waals surface area contributed by atoms with Crippen LogP contribution in [0.1, 0.15) is 11.4 Å². The van der Waals surface area contributed by atoms with E-state index in [-0.39, 0.29) is 0 Å². The summed E-state index contributed by atoms with van der Waals surface area (Å²) in [5, 5.41) is 0.554. The predicted molar refractivity (Wildman–Crippen MR) is 69.2 cm³/mol. The molecule has 0 spiro atoms. The maximum absolute atomic E-state index is 6.09. The van der Waals surface area contributed by atoms with E-state index in [9.17, 15) is 0 Å². The normalized spacial score (nSPS) is 10.4. The summed E-state index contributed by atoms with van der Waals surface area (Å²) in [5.74, 6) is 0.902. The van der Waals surface area contributed by atoms with E-state index >= 15 is 0 Å². The Morgan fingerprint density at radius 2 is 2.25 bits per heavy atom. The quantitative estimate of drug-likeness (QED) is 0.834. The molecule has 3 nitrogen and oxygen atoms in total. The molecule has 16 heavy (non-hydrogen) atoms. The molecule has 0 unspecified atom stereocenters. The lowest BCUT2D eigenvalue weighted by Gasteiger charge is -2.08. The Hall–Kier alpha value is -1.39. The topological polar surface area (TPSA) is 43.8 Å². The third-order valence-electron chi connectivity index (χ3n) is 2.32. The molecule has 0 bridgehead atoms. The minimum atomic E-state index is 0.305. The Kier molecular flexibility index (Phi) is 2.94. The van der Waals surface area contributed by atoms with Crippen molar-refractivity contribution < 1.29 is 0 Å². The van der Waals surface area contributed by atoms with Gasteiger partial charge in [0.25, 0.3) is 0 Å². The smallest absolute Gasteiger partial charge is 0.110 e. The molecule has 5 heteroatoms. The van der Waals surface area contributed by atoms with E-state index in [1.54, 1.807) is 6.20 Å². The number of hydrogen-bond donors (Lipinski definition) is 1. The Morgan fingerprint density at radius 1 is 1.50 bits per heavy atom. The van der Waals surface area contributed by atoms with Crippen molar-refractivity contribution in [3.63, 3.8) is 0 Å². The summed E-state index contributed by atoms with van der Waals surface area (Å²) in [6.45, 7) is 1.93. The van der Waals surface area contributed by atoms with Crippen LogP contribution in [0.25, 0.3) is 5.69 Å². The average molecular weight is 252 g/mol. The van der Waals surface area contributed by atoms with Crippen LogP contribution in [0, 0.1) is 6.92 Å². The van der Waals surface area contributed by atoms with Crippen LogP contribution < -0.4 is 5.73 Å². The molecule has 0 amide bonds. The van der Waals surface area contributed by atoms with E-state index < -0.39 is 0 Å². The van der Waals surface area contributed by atoms with E-state index in [1.807, 2.05) is 35.9 Å². The van der Waals surface area contributed by atoms with Crippen LogP contribution in [0.3, 0.4) is 0 Å². The summed E-state index contributed by atoms with van der Waals surface area (Å²) in [7, 11) is 0. The molecule has 2 aromatic rings. The van der Waals surface area contributed by atoms with Crippen LogP contribution in [0.5, 0.6) is 0 Å². The van der Waals surface area contributed by atoms with Gasteiger partial charge in [0.15, 0.2) is 0 Å². The third kappa shape index (κ3) is 1.94. The molecular formula is C11H10ClN3S. The fourth-order valence-corrected chi connectivity index (χ4v) is 2.02. The third-order valence-corrected chi connectivity index (χ3v) is 2.85. The molecule has 1 aromatic carbocycles. The number of hydrogen-bond acceptors (Lipinski definition) is 2. The zero-order valence-corrected chi connectivity index (χ0v) is 10.2. The SMILES string of the molecule is Cc1nccn1-c1ccc(C(N)=S)c(Cl)c1. The number of nitrogens with two attached hydrogens (primary N) is 1. The number of rotatable bonds is 2. The van der Waals surface area contributed by atoms with E-state index in [0.717, 1.165) is 11.5 Å². The number of halogens is 1. The van der Waals surface area contributed by atoms with Crippen molar-refractivity contribution in [2.75, 3.05) is 0 Å². The number of aryl methyl sites for hydroxylation is 1. The average Bonchev–Trinajstić information content (AvgIpc) is 2.63. The predicted octanol–water partition coefficient (Wildman–Crippen LogP) is 2.47. The van der Waals surface area contributed by atoms with E-state index in [2.05, 4.69) is 4.98 Å². The molecule has 82 valence electrons. The molecule has 1 aromatic heterocycles. The highest BCUT2D eigenvalue weighted by Crippen LogP contribution is 2.21. The first kappa shape index (κ1) is 11.1. The lowest BCUT2D eigenvalue weighted by atomic mass is 10.2. The second kappa shape index (κ2) is 4.23. The highest BCUT2D eigenvalue weighted by molar-refractivity contribution is 7.80. The summed E-state index contributed by atoms with van der Waals surface area (Å²) >= 11 is 11.0. The Labute approximate surface area is 104 Å². The van der Waals surface area contributed by atoms with Crippen LogP contribution in [0.4, 0.5) is 0 Å². The Balaban J connectivity index is 2.50. The van der Waals surface area contributed by atoms with Crippen LogP contribution >= 0.6 is 23.8 Å². The zero-order chi connectivity index (χ0) is 11.7. The van der Waals surface area contributed by atoms with Gasteiger partial charge >= 0.3 is 0 Å². The van der Waals surface area contributed by atoms with Crippen molar-refractivity contribution in [3.8, 4) is 5.69 Å². The fourth-order valence-electron chi connectivity index (χ4n) is 1.50. The molecule has 0 aliphatic carbocycles. The Morgan fingerprint density at radius 3 is 2.75 bits per heavy atom. The molecule has 0 fully saturated rings. The summed E-state index contributed by atoms with van der Waals surface area (Å²) in [6.07, 6.45) is 3.62. The largest absolute Gasteiger partial charge is 0.389 e. The van der Waals surface area contributed by atoms with Gasteiger partial charge in [0, 0.05) is 23.6 Å². The standard InChI is InChI=1S/C11H10ClN3S/c1-7-14-4-5-15(7)8-2-3-9(11(13)16)10(12)6-8/h2-6H,1H3,(H2,13,16). The van der Waals surface area contributed by atoms with Crippen LogP contribution in [-0.2, 0) is 0 Å². The number of benzene rings is 1. The first-order chi connectivity index (χ1) is 7.59. The maximum Gasteiger partial charge on any atom is 0.110 e. The van der Waals surface area contributed by atoms with Crippen molar-refractivity contribution in [1.82, 2.24) is 9.55 Å². The second-order valence-corrected chi connectivity index (χ2v) is 4.22. The highest BCUT2D eigenvalue weighted by atomic mass is 35.5. The molecule has 0 aliphatic rings. The molecule has 0 aliphatic heterocycles. The Bertz CT molecular complexity index is 548. The lowest BCUT2D eigenvalue weighted by molar-refractivity contribution is 0.975. The van der Waals surface area contributed by atoms with Gasteiger partial charge in [0.1, 0.15) is 10.8 Å². The first-order valence-electron chi connectivity index (χ1n) is 4.69. The molecular weight excluding hydrogens is 242 g/mol. The monoisotopic (exact) mass is 251 g/mol. The molecule has 0 atom stereocenters. The molecule has 0 saturated carbocycles. The number of imidazole rings is 1. The van der Waals surface area contributed by atoms with E-state index in [4.69, 9.17) is 29.6 Å². The highest BCUT2D eigenvalue weighted by Gasteiger charge is 2.06. The minimum absolute atomic E-state index is 0.305. The lowest BCUT2D eigenvalue weighted by Crippen LogP contribution is -2.10. The van der Waals surface area contributed by atoms with Gasteiger partial charge in [-0.25, -0.2) is 4.98 Å². The van der Waals surface area contributed by atoms with Crippen molar-refractivity contribution in [2.45, 2.75) is 6.92 Å². The number of aromatic nitrogens is 2. The molecule has 0 radical (unpaired) electrons. The first-order valence-corrected chi connectivity index (χ1v) is 5.48. The molecule has 2 N–H and O–H groups in total. The van der Waals surface area contributed by atoms with Gasteiger partial charge in [-0.2, -0.15) is 0 Å². The van der Waals surface area contributed by atoms with Crippen molar-refractivity contribution in [2.24, 2.45) is 5.73 Å². The summed E-state index contributed by atoms with van der Waals surface area (Å²) in [6, 6.07) is 5.55. The number of nitrogens with zero attached hydrogens (tertiary/aromatic N) is 2. The van der Waals surface area contributed by atoms with Gasteiger partial charge in [0.2, 0.25) is 0 Å². The van der Waals surface area contributed by atoms with Gasteiger partial charge in [-0.1, -0.05) is 23.8 Å². The van der Waals surface area contributed by atoms with Gasteiger partial charge < -0.3 is 10.3 Å². The fraction of sp³-hybridized carbons (Fsp3) is 0.0909. The van der Waals surface area contributed by atoms with Crippen LogP contribution in [-0.4, -0.2) is 14.5 Å². The van der Waals surface area contributed by atoms with Crippen LogP contribution in [0.2, 0.25) is 5.02 Å². The van der Waals surface area contributed by atoms with Gasteiger partial charge in [-0.3, -0.25) is 0 Å². The minimum Gasteiger partial charge on any atom is -0.389 e. The van der Waals surface area contributed by atoms with Gasteiger partial charge in [0.05, 0.1) is 5.02 Å². The summed E-state index contributed by atoms with van der Waals surface area (Å²) in [4.78, 5) is 4.45. The van der Waals surface area contributed by atoms with E-state index in [1.165, 1.54) is 0 Å². The molecule has 2 rings (SSSR count). The molecule has 0 saturated heterocycles. The van der Waals surface area contributed by atoms with Gasteiger partial charge in [-0.05, 0) is 25.1 Å². The van der Waals surface area contributed by atoms with Crippen molar-refractivity contribution >= 4 is 28.8 Å². The second-order valence-electron chi connectivity index (χ2n) is 3.37. The van der Waals surface area contributed by atoms with E-state index in [0.29, 0.717) is 15.6 Å². The maximum atomic E-state index is 6.09. The molecule has 1 heterocycles.